The number of carbonyl (C=O) groups excluding carboxylic acids is 3. The highest BCUT2D eigenvalue weighted by Gasteiger charge is 2.37. The number of benzene rings is 1. The van der Waals surface area contributed by atoms with Crippen molar-refractivity contribution in [2.75, 3.05) is 13.2 Å². The van der Waals surface area contributed by atoms with E-state index in [4.69, 9.17) is 9.47 Å². The first-order valence-corrected chi connectivity index (χ1v) is 9.97. The molecule has 9 heteroatoms. The van der Waals surface area contributed by atoms with Crippen LogP contribution >= 0.6 is 27.7 Å². The molecule has 1 aromatic carbocycles. The second-order valence-electron chi connectivity index (χ2n) is 5.75. The number of phenolic OH excluding ortho intramolecular Hbond substituents is 1. The summed E-state index contributed by atoms with van der Waals surface area (Å²) in [4.78, 5) is 37.6. The van der Waals surface area contributed by atoms with Crippen molar-refractivity contribution >= 4 is 50.9 Å². The summed E-state index contributed by atoms with van der Waals surface area (Å²) in [6, 6.07) is 3.01. The zero-order valence-electron chi connectivity index (χ0n) is 15.2. The average molecular weight is 458 g/mol. The molecular weight excluding hydrogens is 438 g/mol. The Kier molecular flexibility index (Phi) is 7.32. The van der Waals surface area contributed by atoms with Crippen molar-refractivity contribution in [3.63, 3.8) is 0 Å². The highest BCUT2D eigenvalue weighted by atomic mass is 79.9. The smallest absolute Gasteiger partial charge is 0.326 e. The molecule has 1 aromatic rings. The largest absolute Gasteiger partial charge is 0.504 e. The Morgan fingerprint density at radius 1 is 1.37 bits per heavy atom. The van der Waals surface area contributed by atoms with Gasteiger partial charge in [0.2, 0.25) is 0 Å². The Bertz CT molecular complexity index is 794. The highest BCUT2D eigenvalue weighted by Crippen LogP contribution is 2.37. The van der Waals surface area contributed by atoms with Gasteiger partial charge in [0.1, 0.15) is 6.54 Å². The molecule has 1 heterocycles. The van der Waals surface area contributed by atoms with Crippen molar-refractivity contribution in [3.8, 4) is 11.5 Å². The lowest BCUT2D eigenvalue weighted by Crippen LogP contribution is -2.35. The first kappa shape index (κ1) is 21.3. The second kappa shape index (κ2) is 9.27. The number of ether oxygens (including phenoxy) is 2. The standard InChI is InChI=1S/C18H20BrNO6S/c1-4-10(3)26-16(22)9-20-17(23)15(27-18(20)24)7-11-6-14(25-5-2)13(21)8-12(11)19/h6-8,10,21H,4-5,9H2,1-3H3/b15-7-/t10-/m1/s1. The van der Waals surface area contributed by atoms with E-state index in [1.165, 1.54) is 12.1 Å². The number of rotatable bonds is 7. The molecule has 1 N–H and O–H groups in total. The third-order valence-electron chi connectivity index (χ3n) is 3.73. The third kappa shape index (κ3) is 5.26. The Morgan fingerprint density at radius 2 is 2.07 bits per heavy atom. The maximum Gasteiger partial charge on any atom is 0.326 e. The van der Waals surface area contributed by atoms with Gasteiger partial charge < -0.3 is 14.6 Å². The number of carbonyl (C=O) groups is 3. The maximum absolute atomic E-state index is 12.5. The number of thioether (sulfide) groups is 1. The molecule has 7 nitrogen and oxygen atoms in total. The summed E-state index contributed by atoms with van der Waals surface area (Å²) in [5.74, 6) is -0.966. The molecule has 0 spiro atoms. The minimum Gasteiger partial charge on any atom is -0.504 e. The van der Waals surface area contributed by atoms with E-state index in [0.717, 1.165) is 16.7 Å². The van der Waals surface area contributed by atoms with E-state index < -0.39 is 23.7 Å². The number of phenols is 1. The molecule has 1 atom stereocenters. The van der Waals surface area contributed by atoms with Gasteiger partial charge in [-0.15, -0.1) is 0 Å². The average Bonchev–Trinajstić information content (AvgIpc) is 2.86. The number of nitrogens with zero attached hydrogens (tertiary/aromatic N) is 1. The van der Waals surface area contributed by atoms with Crippen LogP contribution in [0.3, 0.4) is 0 Å². The molecule has 0 bridgehead atoms. The molecule has 27 heavy (non-hydrogen) atoms. The van der Waals surface area contributed by atoms with E-state index in [1.807, 2.05) is 6.92 Å². The van der Waals surface area contributed by atoms with E-state index in [0.29, 0.717) is 23.1 Å². The van der Waals surface area contributed by atoms with Crippen LogP contribution in [0.1, 0.15) is 32.8 Å². The first-order valence-electron chi connectivity index (χ1n) is 8.36. The van der Waals surface area contributed by atoms with Crippen LogP contribution in [0, 0.1) is 0 Å². The maximum atomic E-state index is 12.5. The van der Waals surface area contributed by atoms with E-state index in [9.17, 15) is 19.5 Å². The molecule has 0 radical (unpaired) electrons. The van der Waals surface area contributed by atoms with Gasteiger partial charge in [-0.1, -0.05) is 22.9 Å². The zero-order valence-corrected chi connectivity index (χ0v) is 17.6. The van der Waals surface area contributed by atoms with Crippen LogP contribution in [0.4, 0.5) is 4.79 Å². The Hall–Kier alpha value is -2.00. The highest BCUT2D eigenvalue weighted by molar-refractivity contribution is 9.10. The molecule has 2 amide bonds. The van der Waals surface area contributed by atoms with Crippen molar-refractivity contribution in [2.24, 2.45) is 0 Å². The number of aromatic hydroxyl groups is 1. The summed E-state index contributed by atoms with van der Waals surface area (Å²) in [5, 5.41) is 9.34. The molecule has 2 rings (SSSR count). The van der Waals surface area contributed by atoms with Crippen LogP contribution in [0.15, 0.2) is 21.5 Å². The Balaban J connectivity index is 2.21. The fourth-order valence-corrected chi connectivity index (χ4v) is 3.47. The number of hydrogen-bond donors (Lipinski definition) is 1. The topological polar surface area (TPSA) is 93.1 Å². The van der Waals surface area contributed by atoms with Crippen molar-refractivity contribution in [3.05, 3.63) is 27.1 Å². The molecular formula is C18H20BrNO6S. The minimum absolute atomic E-state index is 0.0400. The van der Waals surface area contributed by atoms with E-state index in [-0.39, 0.29) is 22.5 Å². The van der Waals surface area contributed by atoms with E-state index in [1.54, 1.807) is 19.9 Å². The number of imide groups is 1. The fourth-order valence-electron chi connectivity index (χ4n) is 2.19. The molecule has 1 saturated heterocycles. The van der Waals surface area contributed by atoms with Crippen LogP contribution in [-0.4, -0.2) is 46.4 Å². The first-order chi connectivity index (χ1) is 12.8. The molecule has 1 aliphatic rings. The summed E-state index contributed by atoms with van der Waals surface area (Å²) in [5.41, 5.74) is 0.559. The van der Waals surface area contributed by atoms with Crippen molar-refractivity contribution in [1.29, 1.82) is 0 Å². The zero-order chi connectivity index (χ0) is 20.1. The molecule has 146 valence electrons. The lowest BCUT2D eigenvalue weighted by Gasteiger charge is -2.14. The molecule has 0 aromatic heterocycles. The van der Waals surface area contributed by atoms with Gasteiger partial charge in [-0.25, -0.2) is 0 Å². The fraction of sp³-hybridized carbons (Fsp3) is 0.389. The van der Waals surface area contributed by atoms with Gasteiger partial charge in [0.05, 0.1) is 17.6 Å². The summed E-state index contributed by atoms with van der Waals surface area (Å²) < 4.78 is 11.0. The molecule has 0 aliphatic carbocycles. The number of amides is 2. The normalized spacial score (nSPS) is 16.7. The van der Waals surface area contributed by atoms with E-state index in [2.05, 4.69) is 15.9 Å². The van der Waals surface area contributed by atoms with Gasteiger partial charge in [-0.3, -0.25) is 19.3 Å². The second-order valence-corrected chi connectivity index (χ2v) is 7.60. The van der Waals surface area contributed by atoms with Gasteiger partial charge in [-0.05, 0) is 55.8 Å². The van der Waals surface area contributed by atoms with Crippen molar-refractivity contribution < 1.29 is 29.0 Å². The predicted octanol–water partition coefficient (Wildman–Crippen LogP) is 3.93. The Morgan fingerprint density at radius 3 is 2.70 bits per heavy atom. The molecule has 1 aliphatic heterocycles. The quantitative estimate of drug-likeness (QED) is 0.489. The Labute approximate surface area is 169 Å². The van der Waals surface area contributed by atoms with Crippen molar-refractivity contribution in [2.45, 2.75) is 33.3 Å². The van der Waals surface area contributed by atoms with Gasteiger partial charge in [0.25, 0.3) is 11.1 Å². The molecule has 0 unspecified atom stereocenters. The minimum atomic E-state index is -0.627. The van der Waals surface area contributed by atoms with Gasteiger partial charge in [0, 0.05) is 4.47 Å². The summed E-state index contributed by atoms with van der Waals surface area (Å²) in [6.07, 6.45) is 1.87. The molecule has 1 fully saturated rings. The number of halogens is 1. The van der Waals surface area contributed by atoms with Crippen molar-refractivity contribution in [1.82, 2.24) is 4.90 Å². The lowest BCUT2D eigenvalue weighted by atomic mass is 10.2. The summed E-state index contributed by atoms with van der Waals surface area (Å²) in [6.45, 7) is 5.33. The number of hydrogen-bond acceptors (Lipinski definition) is 7. The van der Waals surface area contributed by atoms with Gasteiger partial charge in [0.15, 0.2) is 11.5 Å². The number of esters is 1. The van der Waals surface area contributed by atoms with Gasteiger partial charge in [-0.2, -0.15) is 0 Å². The van der Waals surface area contributed by atoms with Crippen LogP contribution in [-0.2, 0) is 14.3 Å². The van der Waals surface area contributed by atoms with E-state index >= 15 is 0 Å². The molecule has 0 saturated carbocycles. The van der Waals surface area contributed by atoms with Gasteiger partial charge >= 0.3 is 5.97 Å². The lowest BCUT2D eigenvalue weighted by molar-refractivity contribution is -0.150. The van der Waals surface area contributed by atoms with Crippen LogP contribution in [0.25, 0.3) is 6.08 Å². The third-order valence-corrected chi connectivity index (χ3v) is 5.33. The SMILES string of the molecule is CCOc1cc(/C=C2\SC(=O)N(CC(=O)O[C@H](C)CC)C2=O)c(Br)cc1O. The predicted molar refractivity (Wildman–Crippen MR) is 105 cm³/mol. The monoisotopic (exact) mass is 457 g/mol. The van der Waals surface area contributed by atoms with Crippen LogP contribution in [0.5, 0.6) is 11.5 Å². The van der Waals surface area contributed by atoms with Crippen LogP contribution < -0.4 is 4.74 Å². The van der Waals surface area contributed by atoms with Crippen LogP contribution in [0.2, 0.25) is 0 Å². The summed E-state index contributed by atoms with van der Waals surface area (Å²) >= 11 is 4.05. The summed E-state index contributed by atoms with van der Waals surface area (Å²) in [7, 11) is 0.